The summed E-state index contributed by atoms with van der Waals surface area (Å²) in [5.74, 6) is 0.793. The predicted molar refractivity (Wildman–Crippen MR) is 187 cm³/mol. The van der Waals surface area contributed by atoms with Crippen molar-refractivity contribution in [3.63, 3.8) is 0 Å². The summed E-state index contributed by atoms with van der Waals surface area (Å²) < 4.78 is 0. The summed E-state index contributed by atoms with van der Waals surface area (Å²) in [5.41, 5.74) is 0. The van der Waals surface area contributed by atoms with Gasteiger partial charge in [0.05, 0.1) is 6.42 Å². The molecule has 0 bridgehead atoms. The van der Waals surface area contributed by atoms with Gasteiger partial charge in [-0.15, -0.1) is 0 Å². The third kappa shape index (κ3) is 27.8. The lowest BCUT2D eigenvalue weighted by Crippen LogP contribution is -2.05. The molecule has 1 aliphatic rings. The van der Waals surface area contributed by atoms with Crippen molar-refractivity contribution >= 4 is 12.4 Å². The summed E-state index contributed by atoms with van der Waals surface area (Å²) >= 11 is 0. The summed E-state index contributed by atoms with van der Waals surface area (Å²) in [6.45, 7) is 4.61. The summed E-state index contributed by atoms with van der Waals surface area (Å²) in [6, 6.07) is 0. The van der Waals surface area contributed by atoms with Gasteiger partial charge in [0.2, 0.25) is 6.17 Å². The van der Waals surface area contributed by atoms with Gasteiger partial charge in [0.25, 0.3) is 0 Å². The highest BCUT2D eigenvalue weighted by Gasteiger charge is 2.22. The van der Waals surface area contributed by atoms with Crippen molar-refractivity contribution in [1.82, 2.24) is 0 Å². The monoisotopic (exact) mass is 572 g/mol. The fourth-order valence-electron chi connectivity index (χ4n) is 6.59. The quantitative estimate of drug-likeness (QED) is 0.0542. The summed E-state index contributed by atoms with van der Waals surface area (Å²) in [5, 5.41) is 0. The molecule has 0 saturated carbocycles. The Morgan fingerprint density at radius 1 is 0.366 bits per heavy atom. The number of rotatable bonds is 34. The minimum atomic E-state index is 0.793. The Kier molecular flexibility index (Phi) is 30.0. The van der Waals surface area contributed by atoms with Gasteiger partial charge >= 0.3 is 0 Å². The predicted octanol–water partition coefficient (Wildman–Crippen LogP) is 14.2. The second kappa shape index (κ2) is 32.1. The number of hydrogen-bond donors (Lipinski definition) is 0. The summed E-state index contributed by atoms with van der Waals surface area (Å²) in [7, 11) is 0. The molecule has 0 amide bonds. The molecule has 0 radical (unpaired) electrons. The van der Waals surface area contributed by atoms with E-state index < -0.39 is 0 Å². The molecule has 0 unspecified atom stereocenters. The molecule has 1 rings (SSSR count). The Bertz CT molecular complexity index is 508. The van der Waals surface area contributed by atoms with E-state index in [1.165, 1.54) is 205 Å². The van der Waals surface area contributed by atoms with E-state index >= 15 is 0 Å². The van der Waals surface area contributed by atoms with E-state index in [2.05, 4.69) is 23.8 Å². The average Bonchev–Trinajstić information content (AvgIpc) is 3.50. The standard InChI is InChI=1S/C39H75N2/c1-3-5-7-9-11-13-15-17-19-21-23-25-27-29-31-33-38(37-39-40-35-36-41-39)34-32-30-28-26-24-22-20-18-16-14-12-10-8-6-4-2/h35-36,38H,3-34,37H2,1-2H3/q+1. The maximum Gasteiger partial charge on any atom is 0.240 e. The molecule has 0 aromatic heterocycles. The zero-order valence-electron chi connectivity index (χ0n) is 28.5. The van der Waals surface area contributed by atoms with E-state index in [-0.39, 0.29) is 0 Å². The van der Waals surface area contributed by atoms with Crippen LogP contribution in [-0.2, 0) is 0 Å². The van der Waals surface area contributed by atoms with Crippen LogP contribution < -0.4 is 0 Å². The Balaban J connectivity index is 1.93. The highest BCUT2D eigenvalue weighted by Crippen LogP contribution is 2.28. The molecule has 0 N–H and O–H groups in total. The number of hydrogen-bond acceptors (Lipinski definition) is 2. The lowest BCUT2D eigenvalue weighted by atomic mass is 9.90. The first kappa shape index (κ1) is 38.2. The Labute approximate surface area is 259 Å². The highest BCUT2D eigenvalue weighted by molar-refractivity contribution is 6.18. The topological polar surface area (TPSA) is 24.7 Å². The van der Waals surface area contributed by atoms with Gasteiger partial charge in [0.1, 0.15) is 0 Å². The molecule has 41 heavy (non-hydrogen) atoms. The molecule has 2 nitrogen and oxygen atoms in total. The van der Waals surface area contributed by atoms with Crippen LogP contribution >= 0.6 is 0 Å². The Hall–Kier alpha value is -0.790. The van der Waals surface area contributed by atoms with Gasteiger partial charge in [-0.25, -0.2) is 0 Å². The maximum absolute atomic E-state index is 4.49. The molecular formula is C39H75N2+. The van der Waals surface area contributed by atoms with Gasteiger partial charge in [-0.2, -0.15) is 0 Å². The van der Waals surface area contributed by atoms with Crippen LogP contribution in [0.25, 0.3) is 0 Å². The van der Waals surface area contributed by atoms with Crippen LogP contribution in [0, 0.1) is 12.1 Å². The van der Waals surface area contributed by atoms with Crippen LogP contribution in [-0.4, -0.2) is 12.4 Å². The Morgan fingerprint density at radius 3 is 0.878 bits per heavy atom. The third-order valence-corrected chi connectivity index (χ3v) is 9.42. The zero-order valence-corrected chi connectivity index (χ0v) is 28.5. The lowest BCUT2D eigenvalue weighted by molar-refractivity contribution is 0.384. The van der Waals surface area contributed by atoms with E-state index in [9.17, 15) is 0 Å². The van der Waals surface area contributed by atoms with Crippen molar-refractivity contribution in [3.8, 4) is 0 Å². The van der Waals surface area contributed by atoms with Gasteiger partial charge in [-0.05, 0) is 18.8 Å². The summed E-state index contributed by atoms with van der Waals surface area (Å²) in [4.78, 5) is 8.97. The first-order valence-electron chi connectivity index (χ1n) is 19.3. The second-order valence-corrected chi connectivity index (χ2v) is 13.5. The van der Waals surface area contributed by atoms with E-state index in [0.29, 0.717) is 0 Å². The van der Waals surface area contributed by atoms with Crippen LogP contribution in [0.2, 0.25) is 0 Å². The molecule has 0 aliphatic carbocycles. The van der Waals surface area contributed by atoms with Crippen LogP contribution in [0.3, 0.4) is 0 Å². The number of aliphatic imine (C=N–C) groups is 2. The molecule has 1 aliphatic heterocycles. The molecule has 240 valence electrons. The fraction of sp³-hybridized carbons (Fsp3) is 0.923. The molecule has 2 heteroatoms. The van der Waals surface area contributed by atoms with Gasteiger partial charge in [0, 0.05) is 0 Å². The highest BCUT2D eigenvalue weighted by atomic mass is 15.0. The molecule has 0 fully saturated rings. The van der Waals surface area contributed by atoms with Gasteiger partial charge in [-0.1, -0.05) is 216 Å². The van der Waals surface area contributed by atoms with Crippen molar-refractivity contribution in [2.75, 3.05) is 0 Å². The smallest absolute Gasteiger partial charge is 0.0968 e. The molecule has 0 aromatic rings. The molecule has 0 saturated heterocycles. The van der Waals surface area contributed by atoms with Crippen LogP contribution in [0.4, 0.5) is 0 Å². The SMILES string of the molecule is CCCCCCCCCCCCCCCCCC(CCCCCCCCCCCCCCCCC)C[C+]1N=CC=N1. The molecule has 0 atom stereocenters. The molecule has 1 heterocycles. The third-order valence-electron chi connectivity index (χ3n) is 9.42. The fourth-order valence-corrected chi connectivity index (χ4v) is 6.59. The van der Waals surface area contributed by atoms with E-state index in [1.54, 1.807) is 0 Å². The van der Waals surface area contributed by atoms with Crippen molar-refractivity contribution in [2.45, 2.75) is 226 Å². The second-order valence-electron chi connectivity index (χ2n) is 13.5. The van der Waals surface area contributed by atoms with Gasteiger partial charge in [0.15, 0.2) is 12.4 Å². The van der Waals surface area contributed by atoms with Crippen molar-refractivity contribution < 1.29 is 0 Å². The van der Waals surface area contributed by atoms with E-state index in [1.807, 2.05) is 12.4 Å². The van der Waals surface area contributed by atoms with Crippen molar-refractivity contribution in [3.05, 3.63) is 6.17 Å². The first-order chi connectivity index (χ1) is 20.4. The van der Waals surface area contributed by atoms with Gasteiger partial charge in [-0.3, -0.25) is 0 Å². The van der Waals surface area contributed by atoms with E-state index in [0.717, 1.165) is 18.5 Å². The van der Waals surface area contributed by atoms with Crippen LogP contribution in [0.1, 0.15) is 226 Å². The Morgan fingerprint density at radius 2 is 0.610 bits per heavy atom. The molecule has 0 aromatic carbocycles. The van der Waals surface area contributed by atoms with Crippen LogP contribution in [0.5, 0.6) is 0 Å². The zero-order chi connectivity index (χ0) is 29.3. The number of unbranched alkanes of at least 4 members (excludes halogenated alkanes) is 28. The largest absolute Gasteiger partial charge is 0.240 e. The molecule has 0 spiro atoms. The van der Waals surface area contributed by atoms with Crippen molar-refractivity contribution in [1.29, 1.82) is 0 Å². The van der Waals surface area contributed by atoms with Crippen molar-refractivity contribution in [2.24, 2.45) is 15.9 Å². The first-order valence-corrected chi connectivity index (χ1v) is 19.3. The summed E-state index contributed by atoms with van der Waals surface area (Å²) in [6.07, 6.45) is 52.1. The van der Waals surface area contributed by atoms with Crippen LogP contribution in [0.15, 0.2) is 9.98 Å². The van der Waals surface area contributed by atoms with E-state index in [4.69, 9.17) is 0 Å². The molecular weight excluding hydrogens is 496 g/mol. The lowest BCUT2D eigenvalue weighted by Gasteiger charge is -2.15. The number of nitrogens with zero attached hydrogens (tertiary/aromatic N) is 2. The maximum atomic E-state index is 4.49. The minimum Gasteiger partial charge on any atom is -0.0968 e. The minimum absolute atomic E-state index is 0.793. The average molecular weight is 572 g/mol. The normalized spacial score (nSPS) is 12.9. The van der Waals surface area contributed by atoms with Gasteiger partial charge < -0.3 is 0 Å².